The van der Waals surface area contributed by atoms with Gasteiger partial charge in [-0.3, -0.25) is 9.69 Å². The van der Waals surface area contributed by atoms with Crippen LogP contribution in [0.4, 0.5) is 0 Å². The van der Waals surface area contributed by atoms with E-state index in [1.165, 1.54) is 0 Å². The summed E-state index contributed by atoms with van der Waals surface area (Å²) in [6, 6.07) is 5.51. The second-order valence-electron chi connectivity index (χ2n) is 5.02. The summed E-state index contributed by atoms with van der Waals surface area (Å²) in [6.07, 6.45) is 3.49. The van der Waals surface area contributed by atoms with Crippen molar-refractivity contribution < 1.29 is 14.3 Å². The minimum absolute atomic E-state index is 0.338. The van der Waals surface area contributed by atoms with Crippen molar-refractivity contribution in [1.29, 1.82) is 0 Å². The summed E-state index contributed by atoms with van der Waals surface area (Å²) in [7, 11) is 3.72. The Morgan fingerprint density at radius 3 is 3.00 bits per heavy atom. The molecule has 0 N–H and O–H groups in total. The minimum Gasteiger partial charge on any atom is -0.496 e. The molecule has 0 saturated carbocycles. The molecule has 1 heterocycles. The number of rotatable bonds is 6. The lowest BCUT2D eigenvalue weighted by Crippen LogP contribution is -2.28. The van der Waals surface area contributed by atoms with Crippen LogP contribution < -0.4 is 4.74 Å². The number of carbonyl (C=O) groups excluding carboxylic acids is 1. The van der Waals surface area contributed by atoms with Crippen LogP contribution in [-0.4, -0.2) is 44.6 Å². The maximum absolute atomic E-state index is 10.8. The predicted molar refractivity (Wildman–Crippen MR) is 73.7 cm³/mol. The first kappa shape index (κ1) is 14.0. The molecule has 1 aliphatic heterocycles. The molecule has 1 atom stereocenters. The van der Waals surface area contributed by atoms with E-state index in [0.29, 0.717) is 11.7 Å². The molecule has 19 heavy (non-hydrogen) atoms. The Hall–Kier alpha value is -1.39. The zero-order chi connectivity index (χ0) is 13.7. The summed E-state index contributed by atoms with van der Waals surface area (Å²) in [5.74, 6) is 0.824. The normalized spacial score (nSPS) is 18.8. The zero-order valence-electron chi connectivity index (χ0n) is 11.6. The van der Waals surface area contributed by atoms with Crippen LogP contribution >= 0.6 is 0 Å². The molecule has 0 amide bonds. The van der Waals surface area contributed by atoms with Gasteiger partial charge >= 0.3 is 0 Å². The van der Waals surface area contributed by atoms with Crippen LogP contribution in [0.3, 0.4) is 0 Å². The lowest BCUT2D eigenvalue weighted by atomic mass is 10.1. The first-order chi connectivity index (χ1) is 9.22. The van der Waals surface area contributed by atoms with Crippen LogP contribution in [0.2, 0.25) is 0 Å². The summed E-state index contributed by atoms with van der Waals surface area (Å²) >= 11 is 0. The highest BCUT2D eigenvalue weighted by atomic mass is 16.5. The standard InChI is InChI=1S/C15H21NO3/c1-16(10-14-4-3-7-19-14)9-13-8-12(11-17)5-6-15(13)18-2/h5-6,8,11,14H,3-4,7,9-10H2,1-2H3. The number of methoxy groups -OCH3 is 1. The van der Waals surface area contributed by atoms with E-state index in [9.17, 15) is 4.79 Å². The number of nitrogens with zero attached hydrogens (tertiary/aromatic N) is 1. The average molecular weight is 263 g/mol. The molecule has 0 spiro atoms. The molecule has 0 bridgehead atoms. The van der Waals surface area contributed by atoms with Gasteiger partial charge in [-0.2, -0.15) is 0 Å². The summed E-state index contributed by atoms with van der Waals surface area (Å²) in [5, 5.41) is 0. The van der Waals surface area contributed by atoms with Crippen LogP contribution in [0.15, 0.2) is 18.2 Å². The van der Waals surface area contributed by atoms with E-state index in [1.807, 2.05) is 12.1 Å². The van der Waals surface area contributed by atoms with E-state index in [2.05, 4.69) is 11.9 Å². The fourth-order valence-corrected chi connectivity index (χ4v) is 2.49. The highest BCUT2D eigenvalue weighted by Crippen LogP contribution is 2.21. The molecule has 0 aromatic heterocycles. The Balaban J connectivity index is 2.01. The monoisotopic (exact) mass is 263 g/mol. The summed E-state index contributed by atoms with van der Waals surface area (Å²) in [4.78, 5) is 13.1. The molecule has 0 aliphatic carbocycles. The Morgan fingerprint density at radius 2 is 2.37 bits per heavy atom. The van der Waals surface area contributed by atoms with Crippen LogP contribution in [-0.2, 0) is 11.3 Å². The average Bonchev–Trinajstić information content (AvgIpc) is 2.91. The van der Waals surface area contributed by atoms with Gasteiger partial charge in [-0.15, -0.1) is 0 Å². The molecule has 1 aliphatic rings. The number of aldehydes is 1. The number of ether oxygens (including phenoxy) is 2. The highest BCUT2D eigenvalue weighted by molar-refractivity contribution is 5.75. The van der Waals surface area contributed by atoms with Gasteiger partial charge in [0.2, 0.25) is 0 Å². The molecular formula is C15H21NO3. The topological polar surface area (TPSA) is 38.8 Å². The fourth-order valence-electron chi connectivity index (χ4n) is 2.49. The van der Waals surface area contributed by atoms with Crippen LogP contribution in [0.25, 0.3) is 0 Å². The van der Waals surface area contributed by atoms with Crippen molar-refractivity contribution in [3.8, 4) is 5.75 Å². The zero-order valence-corrected chi connectivity index (χ0v) is 11.6. The smallest absolute Gasteiger partial charge is 0.150 e. The van der Waals surface area contributed by atoms with Gasteiger partial charge < -0.3 is 9.47 Å². The summed E-state index contributed by atoms with van der Waals surface area (Å²) < 4.78 is 11.0. The van der Waals surface area contributed by atoms with Crippen molar-refractivity contribution in [2.75, 3.05) is 27.3 Å². The van der Waals surface area contributed by atoms with E-state index in [1.54, 1.807) is 13.2 Å². The molecular weight excluding hydrogens is 242 g/mol. The first-order valence-corrected chi connectivity index (χ1v) is 6.65. The number of likely N-dealkylation sites (N-methyl/N-ethyl adjacent to an activating group) is 1. The van der Waals surface area contributed by atoms with Gasteiger partial charge in [0.15, 0.2) is 0 Å². The molecule has 4 nitrogen and oxygen atoms in total. The van der Waals surface area contributed by atoms with Crippen molar-refractivity contribution >= 4 is 6.29 Å². The van der Waals surface area contributed by atoms with Crippen molar-refractivity contribution in [2.45, 2.75) is 25.5 Å². The molecule has 1 saturated heterocycles. The van der Waals surface area contributed by atoms with Crippen molar-refractivity contribution in [3.63, 3.8) is 0 Å². The van der Waals surface area contributed by atoms with E-state index in [-0.39, 0.29) is 0 Å². The molecule has 4 heteroatoms. The Morgan fingerprint density at radius 1 is 1.53 bits per heavy atom. The summed E-state index contributed by atoms with van der Waals surface area (Å²) in [6.45, 7) is 2.54. The maximum Gasteiger partial charge on any atom is 0.150 e. The van der Waals surface area contributed by atoms with Gasteiger partial charge in [0, 0.05) is 30.8 Å². The van der Waals surface area contributed by atoms with E-state index >= 15 is 0 Å². The molecule has 1 fully saturated rings. The maximum atomic E-state index is 10.8. The second-order valence-corrected chi connectivity index (χ2v) is 5.02. The van der Waals surface area contributed by atoms with Crippen LogP contribution in [0.1, 0.15) is 28.8 Å². The van der Waals surface area contributed by atoms with Gasteiger partial charge in [-0.05, 0) is 38.1 Å². The van der Waals surface area contributed by atoms with Crippen molar-refractivity contribution in [2.24, 2.45) is 0 Å². The molecule has 1 unspecified atom stereocenters. The quantitative estimate of drug-likeness (QED) is 0.737. The number of hydrogen-bond acceptors (Lipinski definition) is 4. The van der Waals surface area contributed by atoms with E-state index in [0.717, 1.165) is 50.1 Å². The largest absolute Gasteiger partial charge is 0.496 e. The van der Waals surface area contributed by atoms with Gasteiger partial charge in [0.25, 0.3) is 0 Å². The van der Waals surface area contributed by atoms with Crippen LogP contribution in [0, 0.1) is 0 Å². The molecule has 104 valence electrons. The van der Waals surface area contributed by atoms with Crippen molar-refractivity contribution in [1.82, 2.24) is 4.90 Å². The Labute approximate surface area is 114 Å². The van der Waals surface area contributed by atoms with Gasteiger partial charge in [0.05, 0.1) is 13.2 Å². The lowest BCUT2D eigenvalue weighted by molar-refractivity contribution is 0.0791. The van der Waals surface area contributed by atoms with Crippen LogP contribution in [0.5, 0.6) is 5.75 Å². The molecule has 0 radical (unpaired) electrons. The molecule has 2 rings (SSSR count). The minimum atomic E-state index is 0.338. The van der Waals surface area contributed by atoms with Gasteiger partial charge in [-0.1, -0.05) is 0 Å². The Bertz CT molecular complexity index is 427. The molecule has 1 aromatic rings. The number of hydrogen-bond donors (Lipinski definition) is 0. The SMILES string of the molecule is COc1ccc(C=O)cc1CN(C)CC1CCCO1. The number of benzene rings is 1. The molecule has 1 aromatic carbocycles. The lowest BCUT2D eigenvalue weighted by Gasteiger charge is -2.21. The van der Waals surface area contributed by atoms with E-state index < -0.39 is 0 Å². The Kier molecular flexibility index (Phi) is 4.93. The third-order valence-corrected chi connectivity index (χ3v) is 3.42. The summed E-state index contributed by atoms with van der Waals surface area (Å²) in [5.41, 5.74) is 1.72. The first-order valence-electron chi connectivity index (χ1n) is 6.65. The second kappa shape index (κ2) is 6.68. The van der Waals surface area contributed by atoms with Gasteiger partial charge in [-0.25, -0.2) is 0 Å². The van der Waals surface area contributed by atoms with Gasteiger partial charge in [0.1, 0.15) is 12.0 Å². The third kappa shape index (κ3) is 3.78. The third-order valence-electron chi connectivity index (χ3n) is 3.42. The fraction of sp³-hybridized carbons (Fsp3) is 0.533. The number of carbonyl (C=O) groups is 1. The van der Waals surface area contributed by atoms with Crippen molar-refractivity contribution in [3.05, 3.63) is 29.3 Å². The van der Waals surface area contributed by atoms with E-state index in [4.69, 9.17) is 9.47 Å². The highest BCUT2D eigenvalue weighted by Gasteiger charge is 2.18. The predicted octanol–water partition coefficient (Wildman–Crippen LogP) is 2.12.